The number of hydrogen-bond donors (Lipinski definition) is 2. The number of nitrogens with zero attached hydrogens (tertiary/aromatic N) is 2. The van der Waals surface area contributed by atoms with Crippen molar-refractivity contribution >= 4 is 5.97 Å². The Hall–Kier alpha value is -0.650. The third-order valence-corrected chi connectivity index (χ3v) is 3.49. The number of hydrogen-bond acceptors (Lipinski definition) is 4. The van der Waals surface area contributed by atoms with E-state index in [1.165, 1.54) is 0 Å². The molecule has 0 rings (SSSR count). The van der Waals surface area contributed by atoms with E-state index in [0.29, 0.717) is 13.0 Å². The fourth-order valence-corrected chi connectivity index (χ4v) is 2.08. The first-order valence-electron chi connectivity index (χ1n) is 7.21. The Balaban J connectivity index is 4.19. The van der Waals surface area contributed by atoms with E-state index < -0.39 is 11.5 Å². The number of rotatable bonds is 11. The number of nitrogens with one attached hydrogen (secondary N) is 1. The number of aliphatic carboxylic acids is 1. The van der Waals surface area contributed by atoms with Gasteiger partial charge in [-0.15, -0.1) is 0 Å². The summed E-state index contributed by atoms with van der Waals surface area (Å²) in [6.07, 6.45) is 1.75. The van der Waals surface area contributed by atoms with Crippen molar-refractivity contribution < 1.29 is 9.90 Å². The van der Waals surface area contributed by atoms with E-state index in [1.807, 2.05) is 6.92 Å². The highest BCUT2D eigenvalue weighted by molar-refractivity contribution is 5.78. The van der Waals surface area contributed by atoms with Gasteiger partial charge in [0, 0.05) is 6.54 Å². The van der Waals surface area contributed by atoms with Gasteiger partial charge in [0.05, 0.1) is 0 Å². The predicted molar refractivity (Wildman–Crippen MR) is 79.6 cm³/mol. The van der Waals surface area contributed by atoms with Gasteiger partial charge in [0.2, 0.25) is 0 Å². The number of carboxylic acids is 1. The molecule has 19 heavy (non-hydrogen) atoms. The summed E-state index contributed by atoms with van der Waals surface area (Å²) in [6, 6.07) is 0. The van der Waals surface area contributed by atoms with E-state index in [-0.39, 0.29) is 0 Å². The molecule has 0 aromatic carbocycles. The molecule has 0 heterocycles. The summed E-state index contributed by atoms with van der Waals surface area (Å²) < 4.78 is 0. The summed E-state index contributed by atoms with van der Waals surface area (Å²) in [5.74, 6) is -0.765. The van der Waals surface area contributed by atoms with Gasteiger partial charge in [-0.1, -0.05) is 13.8 Å². The van der Waals surface area contributed by atoms with Crippen molar-refractivity contribution in [3.63, 3.8) is 0 Å². The SMILES string of the molecule is CCNC(C)(CCN(CC)CCCN(C)C)C(=O)O. The summed E-state index contributed by atoms with van der Waals surface area (Å²) >= 11 is 0. The molecule has 0 radical (unpaired) electrons. The summed E-state index contributed by atoms with van der Waals surface area (Å²) in [4.78, 5) is 15.8. The Labute approximate surface area is 118 Å². The third kappa shape index (κ3) is 7.50. The first-order valence-corrected chi connectivity index (χ1v) is 7.21. The predicted octanol–water partition coefficient (Wildman–Crippen LogP) is 1.10. The molecule has 0 aliphatic heterocycles. The van der Waals surface area contributed by atoms with Crippen LogP contribution in [0.25, 0.3) is 0 Å². The molecule has 1 atom stereocenters. The van der Waals surface area contributed by atoms with E-state index >= 15 is 0 Å². The van der Waals surface area contributed by atoms with Crippen LogP contribution in [0.1, 0.15) is 33.6 Å². The number of likely N-dealkylation sites (N-methyl/N-ethyl adjacent to an activating group) is 1. The zero-order valence-corrected chi connectivity index (χ0v) is 13.2. The average Bonchev–Trinajstić information content (AvgIpc) is 2.33. The first kappa shape index (κ1) is 18.4. The Kier molecular flexibility index (Phi) is 8.97. The average molecular weight is 273 g/mol. The van der Waals surface area contributed by atoms with Crippen LogP contribution in [0, 0.1) is 0 Å². The zero-order chi connectivity index (χ0) is 14.9. The molecule has 0 spiro atoms. The van der Waals surface area contributed by atoms with Crippen LogP contribution in [0.3, 0.4) is 0 Å². The van der Waals surface area contributed by atoms with Crippen molar-refractivity contribution in [2.45, 2.75) is 39.2 Å². The van der Waals surface area contributed by atoms with Crippen molar-refractivity contribution in [3.8, 4) is 0 Å². The fraction of sp³-hybridized carbons (Fsp3) is 0.929. The Morgan fingerprint density at radius 3 is 2.26 bits per heavy atom. The van der Waals surface area contributed by atoms with Gasteiger partial charge in [0.25, 0.3) is 0 Å². The smallest absolute Gasteiger partial charge is 0.323 e. The van der Waals surface area contributed by atoms with Crippen molar-refractivity contribution in [2.75, 3.05) is 46.8 Å². The summed E-state index contributed by atoms with van der Waals surface area (Å²) in [5, 5.41) is 12.4. The Morgan fingerprint density at radius 1 is 1.21 bits per heavy atom. The molecule has 0 amide bonds. The van der Waals surface area contributed by atoms with Crippen LogP contribution in [0.15, 0.2) is 0 Å². The molecule has 1 unspecified atom stereocenters. The summed E-state index contributed by atoms with van der Waals surface area (Å²) in [6.45, 7) is 10.4. The molecule has 0 aliphatic rings. The second kappa shape index (κ2) is 9.28. The number of carbonyl (C=O) groups is 1. The largest absolute Gasteiger partial charge is 0.480 e. The standard InChI is InChI=1S/C14H31N3O2/c1-6-15-14(3,13(18)19)9-12-17(7-2)11-8-10-16(4)5/h15H,6-12H2,1-5H3,(H,18,19). The Morgan fingerprint density at radius 2 is 1.84 bits per heavy atom. The summed E-state index contributed by atoms with van der Waals surface area (Å²) in [7, 11) is 4.14. The lowest BCUT2D eigenvalue weighted by atomic mass is 9.97. The molecule has 0 aliphatic carbocycles. The van der Waals surface area contributed by atoms with Gasteiger partial charge in [-0.25, -0.2) is 0 Å². The highest BCUT2D eigenvalue weighted by Crippen LogP contribution is 2.11. The van der Waals surface area contributed by atoms with Crippen molar-refractivity contribution in [2.24, 2.45) is 0 Å². The minimum atomic E-state index is -0.816. The van der Waals surface area contributed by atoms with Crippen LogP contribution >= 0.6 is 0 Å². The maximum atomic E-state index is 11.3. The van der Waals surface area contributed by atoms with Crippen LogP contribution in [0.5, 0.6) is 0 Å². The fourth-order valence-electron chi connectivity index (χ4n) is 2.08. The normalized spacial score (nSPS) is 14.9. The molecule has 0 bridgehead atoms. The van der Waals surface area contributed by atoms with E-state index in [9.17, 15) is 9.90 Å². The highest BCUT2D eigenvalue weighted by atomic mass is 16.4. The molecule has 0 fully saturated rings. The lowest BCUT2D eigenvalue weighted by Gasteiger charge is -2.29. The molecule has 0 aromatic heterocycles. The minimum absolute atomic E-state index is 0.631. The van der Waals surface area contributed by atoms with Crippen LogP contribution < -0.4 is 5.32 Å². The first-order chi connectivity index (χ1) is 8.85. The van der Waals surface area contributed by atoms with Gasteiger partial charge in [-0.2, -0.15) is 0 Å². The molecule has 114 valence electrons. The van der Waals surface area contributed by atoms with E-state index in [2.05, 4.69) is 36.1 Å². The second-order valence-corrected chi connectivity index (χ2v) is 5.51. The van der Waals surface area contributed by atoms with Gasteiger partial charge in [-0.3, -0.25) is 4.79 Å². The molecule has 5 nitrogen and oxygen atoms in total. The second-order valence-electron chi connectivity index (χ2n) is 5.51. The van der Waals surface area contributed by atoms with Crippen molar-refractivity contribution in [1.29, 1.82) is 0 Å². The highest BCUT2D eigenvalue weighted by Gasteiger charge is 2.31. The molecule has 5 heteroatoms. The monoisotopic (exact) mass is 273 g/mol. The number of carboxylic acid groups (broad SMARTS) is 1. The lowest BCUT2D eigenvalue weighted by Crippen LogP contribution is -2.51. The van der Waals surface area contributed by atoms with E-state index in [1.54, 1.807) is 6.92 Å². The van der Waals surface area contributed by atoms with Gasteiger partial charge in [0.1, 0.15) is 5.54 Å². The maximum Gasteiger partial charge on any atom is 0.323 e. The van der Waals surface area contributed by atoms with Crippen LogP contribution in [0.4, 0.5) is 0 Å². The molecular formula is C14H31N3O2. The van der Waals surface area contributed by atoms with Crippen molar-refractivity contribution in [1.82, 2.24) is 15.1 Å². The minimum Gasteiger partial charge on any atom is -0.480 e. The van der Waals surface area contributed by atoms with E-state index in [0.717, 1.165) is 32.6 Å². The zero-order valence-electron chi connectivity index (χ0n) is 13.2. The maximum absolute atomic E-state index is 11.3. The quantitative estimate of drug-likeness (QED) is 0.590. The topological polar surface area (TPSA) is 55.8 Å². The van der Waals surface area contributed by atoms with Gasteiger partial charge in [-0.05, 0) is 60.0 Å². The molecule has 0 saturated heterocycles. The van der Waals surface area contributed by atoms with Gasteiger partial charge in [0.15, 0.2) is 0 Å². The third-order valence-electron chi connectivity index (χ3n) is 3.49. The molecule has 0 saturated carbocycles. The lowest BCUT2D eigenvalue weighted by molar-refractivity contribution is -0.144. The molecular weight excluding hydrogens is 242 g/mol. The van der Waals surface area contributed by atoms with Gasteiger partial charge < -0.3 is 20.2 Å². The molecule has 2 N–H and O–H groups in total. The Bertz CT molecular complexity index is 259. The van der Waals surface area contributed by atoms with Crippen LogP contribution in [-0.4, -0.2) is 73.2 Å². The van der Waals surface area contributed by atoms with Crippen LogP contribution in [0.2, 0.25) is 0 Å². The van der Waals surface area contributed by atoms with Crippen LogP contribution in [-0.2, 0) is 4.79 Å². The van der Waals surface area contributed by atoms with Crippen molar-refractivity contribution in [3.05, 3.63) is 0 Å². The van der Waals surface area contributed by atoms with Gasteiger partial charge >= 0.3 is 5.97 Å². The molecule has 0 aromatic rings. The van der Waals surface area contributed by atoms with E-state index in [4.69, 9.17) is 0 Å². The summed E-state index contributed by atoms with van der Waals surface area (Å²) in [5.41, 5.74) is -0.816.